The van der Waals surface area contributed by atoms with Gasteiger partial charge in [0.25, 0.3) is 20.2 Å². The van der Waals surface area contributed by atoms with Gasteiger partial charge in [-0.15, -0.1) is 0 Å². The van der Waals surface area contributed by atoms with Crippen LogP contribution in [0.2, 0.25) is 0 Å². The maximum atomic E-state index is 11.6. The number of amides is 2. The van der Waals surface area contributed by atoms with Crippen LogP contribution >= 0.6 is 0 Å². The van der Waals surface area contributed by atoms with Gasteiger partial charge in [-0.3, -0.25) is 9.11 Å². The molecule has 0 aliphatic heterocycles. The number of hydrogen-bond donors (Lipinski definition) is 4. The van der Waals surface area contributed by atoms with Crippen LogP contribution in [-0.4, -0.2) is 104 Å². The monoisotopic (exact) mass is 472 g/mol. The second kappa shape index (κ2) is 12.7. The first-order chi connectivity index (χ1) is 13.1. The normalized spacial score (nSPS) is 11.5. The van der Waals surface area contributed by atoms with Crippen LogP contribution in [-0.2, 0) is 20.2 Å². The molecule has 0 atom stereocenters. The zero-order valence-electron chi connectivity index (χ0n) is 15.9. The van der Waals surface area contributed by atoms with Crippen molar-refractivity contribution in [1.29, 1.82) is 0 Å². The van der Waals surface area contributed by atoms with Crippen molar-refractivity contribution in [2.24, 2.45) is 10.2 Å². The Balaban J connectivity index is 0.00000420. The molecule has 11 nitrogen and oxygen atoms in total. The van der Waals surface area contributed by atoms with Crippen LogP contribution in [0.15, 0.2) is 68.5 Å². The van der Waals surface area contributed by atoms with Crippen LogP contribution in [0.1, 0.15) is 11.1 Å². The topological polar surface area (TPSA) is 175 Å². The number of carbonyl (C=O) groups excluding carboxylic acids is 1. The molecule has 2 amide bonds. The van der Waals surface area contributed by atoms with Gasteiger partial charge in [0.2, 0.25) is 0 Å². The fourth-order valence-corrected chi connectivity index (χ4v) is 3.33. The molecule has 0 saturated carbocycles. The number of benzene rings is 2. The molecule has 30 heavy (non-hydrogen) atoms. The Morgan fingerprint density at radius 3 is 1.40 bits per heavy atom. The average Bonchev–Trinajstić information content (AvgIpc) is 2.61. The molecule has 0 aliphatic carbocycles. The fraction of sp³-hybridized carbons (Fsp3) is 0. The van der Waals surface area contributed by atoms with E-state index in [1.54, 1.807) is 0 Å². The van der Waals surface area contributed by atoms with Crippen molar-refractivity contribution in [3.8, 4) is 0 Å². The zero-order valence-corrected chi connectivity index (χ0v) is 21.6. The predicted molar refractivity (Wildman–Crippen MR) is 111 cm³/mol. The molecule has 15 heteroatoms. The molecule has 2 rings (SSSR count). The molecule has 2 aromatic carbocycles. The van der Waals surface area contributed by atoms with E-state index in [4.69, 9.17) is 9.11 Å². The minimum atomic E-state index is -4.46. The average molecular weight is 472 g/mol. The maximum absolute atomic E-state index is 11.6. The van der Waals surface area contributed by atoms with E-state index >= 15 is 0 Å². The van der Waals surface area contributed by atoms with E-state index in [9.17, 15) is 21.6 Å². The molecule has 0 aromatic heterocycles. The summed E-state index contributed by atoms with van der Waals surface area (Å²) in [5.74, 6) is 0. The Hall–Kier alpha value is -1.13. The van der Waals surface area contributed by atoms with Crippen molar-refractivity contribution in [1.82, 2.24) is 10.9 Å². The largest absolute Gasteiger partial charge is 0.355 e. The molecule has 0 saturated heterocycles. The van der Waals surface area contributed by atoms with Crippen molar-refractivity contribution in [2.45, 2.75) is 9.79 Å². The Labute approximate surface area is 217 Å². The van der Waals surface area contributed by atoms with Gasteiger partial charge in [-0.25, -0.2) is 15.6 Å². The summed E-state index contributed by atoms with van der Waals surface area (Å²) >= 11 is 0. The summed E-state index contributed by atoms with van der Waals surface area (Å²) in [6.07, 6.45) is 2.00. The quantitative estimate of drug-likeness (QED) is 0.199. The van der Waals surface area contributed by atoms with Crippen molar-refractivity contribution in [3.63, 3.8) is 0 Å². The summed E-state index contributed by atoms with van der Waals surface area (Å²) in [7, 11) is -8.92. The second-order valence-electron chi connectivity index (χ2n) is 5.09. The maximum Gasteiger partial charge on any atom is 0.355 e. The van der Waals surface area contributed by atoms with E-state index in [0.29, 0.717) is 0 Å². The van der Waals surface area contributed by atoms with Gasteiger partial charge in [-0.05, 0) is 12.1 Å². The van der Waals surface area contributed by atoms with E-state index in [1.165, 1.54) is 36.4 Å². The van der Waals surface area contributed by atoms with E-state index in [2.05, 4.69) is 10.2 Å². The molecule has 2 radical (unpaired) electrons. The molecule has 0 aliphatic rings. The van der Waals surface area contributed by atoms with Gasteiger partial charge in [-0.2, -0.15) is 27.0 Å². The van der Waals surface area contributed by atoms with Crippen molar-refractivity contribution >= 4 is 97.8 Å². The molecule has 0 heterocycles. The van der Waals surface area contributed by atoms with E-state index in [1.807, 2.05) is 10.9 Å². The Morgan fingerprint density at radius 2 is 1.07 bits per heavy atom. The zero-order chi connectivity index (χ0) is 20.8. The van der Waals surface area contributed by atoms with E-state index in [-0.39, 0.29) is 80.0 Å². The first-order valence-electron chi connectivity index (χ1n) is 7.34. The first-order valence-corrected chi connectivity index (χ1v) is 10.2. The molecular formula is C15H14N4Na2O7S2. The van der Waals surface area contributed by atoms with Crippen LogP contribution < -0.4 is 10.9 Å². The summed E-state index contributed by atoms with van der Waals surface area (Å²) in [4.78, 5) is 10.8. The van der Waals surface area contributed by atoms with Crippen LogP contribution in [0.5, 0.6) is 0 Å². The molecule has 0 unspecified atom stereocenters. The summed E-state index contributed by atoms with van der Waals surface area (Å²) < 4.78 is 63.2. The number of carbonyl (C=O) groups is 1. The second-order valence-corrected chi connectivity index (χ2v) is 7.87. The number of nitrogens with one attached hydrogen (secondary N) is 2. The number of rotatable bonds is 6. The molecule has 2 aromatic rings. The minimum Gasteiger partial charge on any atom is -0.282 e. The van der Waals surface area contributed by atoms with E-state index < -0.39 is 26.3 Å². The molecule has 0 spiro atoms. The summed E-state index contributed by atoms with van der Waals surface area (Å²) in [6.45, 7) is 0. The summed E-state index contributed by atoms with van der Waals surface area (Å²) in [5, 5.41) is 7.05. The third-order valence-corrected chi connectivity index (χ3v) is 4.99. The Bertz CT molecular complexity index is 1060. The van der Waals surface area contributed by atoms with Gasteiger partial charge in [0.1, 0.15) is 9.79 Å². The van der Waals surface area contributed by atoms with Crippen molar-refractivity contribution < 1.29 is 30.7 Å². The molecule has 0 bridgehead atoms. The smallest absolute Gasteiger partial charge is 0.282 e. The number of hydrogen-bond acceptors (Lipinski definition) is 7. The standard InChI is InChI=1S/C15H14N4O7S2.2Na/c20-15(18-16-9-11-5-1-3-7-13(11)27(21,22)23)19-17-10-12-6-2-4-8-14(12)28(24,25)26;;/h1-10H,(H2,18,19,20)(H,21,22,23)(H,24,25,26);;. The first kappa shape index (κ1) is 28.9. The number of urea groups is 1. The number of nitrogens with zero attached hydrogens (tertiary/aromatic N) is 2. The van der Waals surface area contributed by atoms with Gasteiger partial charge in [0.05, 0.1) is 12.4 Å². The summed E-state index contributed by atoms with van der Waals surface area (Å²) in [5.41, 5.74) is 4.08. The molecular weight excluding hydrogens is 458 g/mol. The van der Waals surface area contributed by atoms with Crippen LogP contribution in [0.25, 0.3) is 0 Å². The number of hydrazone groups is 2. The van der Waals surface area contributed by atoms with Crippen LogP contribution in [0.3, 0.4) is 0 Å². The van der Waals surface area contributed by atoms with Gasteiger partial charge in [0.15, 0.2) is 0 Å². The third-order valence-electron chi connectivity index (χ3n) is 3.13. The fourth-order valence-electron chi connectivity index (χ4n) is 1.99. The minimum absolute atomic E-state index is 0. The molecule has 150 valence electrons. The van der Waals surface area contributed by atoms with Crippen molar-refractivity contribution in [2.75, 3.05) is 0 Å². The van der Waals surface area contributed by atoms with Gasteiger partial charge < -0.3 is 0 Å². The molecule has 0 fully saturated rings. The van der Waals surface area contributed by atoms with Gasteiger partial charge >= 0.3 is 6.03 Å². The SMILES string of the molecule is O=C(NN=Cc1ccccc1S(=O)(=O)O)NN=Cc1ccccc1S(=O)(=O)O.[Na].[Na]. The Kier molecular flexibility index (Phi) is 12.2. The molecule has 4 N–H and O–H groups in total. The summed E-state index contributed by atoms with van der Waals surface area (Å²) in [6, 6.07) is 9.94. The van der Waals surface area contributed by atoms with Crippen molar-refractivity contribution in [3.05, 3.63) is 59.7 Å². The Morgan fingerprint density at radius 1 is 0.733 bits per heavy atom. The predicted octanol–water partition coefficient (Wildman–Crippen LogP) is 0.0856. The third kappa shape index (κ3) is 8.93. The van der Waals surface area contributed by atoms with Crippen LogP contribution in [0.4, 0.5) is 4.79 Å². The van der Waals surface area contributed by atoms with Crippen LogP contribution in [0, 0.1) is 0 Å². The van der Waals surface area contributed by atoms with E-state index in [0.717, 1.165) is 24.6 Å². The van der Waals surface area contributed by atoms with Gasteiger partial charge in [-0.1, -0.05) is 36.4 Å². The van der Waals surface area contributed by atoms with Gasteiger partial charge in [0, 0.05) is 70.2 Å².